The lowest BCUT2D eigenvalue weighted by Gasteiger charge is -1.99. The SMILES string of the molecule is CCC(/C=C(/F)Cn1cncn1)=Nc1nc2n(n1)CCCCC2. The summed E-state index contributed by atoms with van der Waals surface area (Å²) in [7, 11) is 0. The Hall–Kier alpha value is -2.38. The van der Waals surface area contributed by atoms with Gasteiger partial charge >= 0.3 is 0 Å². The predicted octanol–water partition coefficient (Wildman–Crippen LogP) is 2.63. The van der Waals surface area contributed by atoms with E-state index in [1.165, 1.54) is 29.8 Å². The van der Waals surface area contributed by atoms with Gasteiger partial charge in [-0.3, -0.25) is 0 Å². The fourth-order valence-corrected chi connectivity index (χ4v) is 2.53. The van der Waals surface area contributed by atoms with E-state index in [0.29, 0.717) is 18.1 Å². The predicted molar refractivity (Wildman–Crippen MR) is 84.2 cm³/mol. The molecule has 122 valence electrons. The van der Waals surface area contributed by atoms with E-state index >= 15 is 0 Å². The average Bonchev–Trinajstić information content (AvgIpc) is 3.12. The van der Waals surface area contributed by atoms with E-state index in [4.69, 9.17) is 0 Å². The Bertz CT molecular complexity index is 676. The van der Waals surface area contributed by atoms with Crippen molar-refractivity contribution < 1.29 is 4.39 Å². The highest BCUT2D eigenvalue weighted by Crippen LogP contribution is 2.16. The molecule has 1 aliphatic heterocycles. The van der Waals surface area contributed by atoms with Crippen molar-refractivity contribution in [3.63, 3.8) is 0 Å². The molecule has 2 aromatic heterocycles. The van der Waals surface area contributed by atoms with Crippen LogP contribution in [0.25, 0.3) is 0 Å². The summed E-state index contributed by atoms with van der Waals surface area (Å²) in [6.45, 7) is 2.86. The van der Waals surface area contributed by atoms with Crippen LogP contribution in [0.5, 0.6) is 0 Å². The van der Waals surface area contributed by atoms with Gasteiger partial charge in [0.1, 0.15) is 24.3 Å². The number of hydrogen-bond acceptors (Lipinski definition) is 5. The first kappa shape index (κ1) is 15.5. The minimum Gasteiger partial charge on any atom is -0.248 e. The number of fused-ring (bicyclic) bond motifs is 1. The lowest BCUT2D eigenvalue weighted by atomic mass is 10.2. The molecule has 0 N–H and O–H groups in total. The molecule has 3 heterocycles. The Morgan fingerprint density at radius 3 is 3.09 bits per heavy atom. The molecule has 7 nitrogen and oxygen atoms in total. The van der Waals surface area contributed by atoms with Crippen LogP contribution in [-0.2, 0) is 19.5 Å². The normalized spacial score (nSPS) is 16.3. The van der Waals surface area contributed by atoms with Gasteiger partial charge < -0.3 is 0 Å². The van der Waals surface area contributed by atoms with Crippen molar-refractivity contribution in [1.29, 1.82) is 0 Å². The van der Waals surface area contributed by atoms with E-state index in [1.54, 1.807) is 0 Å². The molecular weight excluding hydrogens is 297 g/mol. The first-order valence-corrected chi connectivity index (χ1v) is 7.94. The third-order valence-electron chi connectivity index (χ3n) is 3.72. The number of aryl methyl sites for hydroxylation is 2. The molecule has 0 aromatic carbocycles. The molecule has 0 fully saturated rings. The molecule has 8 heteroatoms. The zero-order valence-corrected chi connectivity index (χ0v) is 13.2. The summed E-state index contributed by atoms with van der Waals surface area (Å²) < 4.78 is 17.4. The summed E-state index contributed by atoms with van der Waals surface area (Å²) in [4.78, 5) is 12.7. The van der Waals surface area contributed by atoms with Crippen LogP contribution in [0.15, 0.2) is 29.5 Å². The van der Waals surface area contributed by atoms with E-state index in [-0.39, 0.29) is 12.4 Å². The van der Waals surface area contributed by atoms with Gasteiger partial charge in [-0.2, -0.15) is 10.1 Å². The standard InChI is InChI=1S/C15H20FN7/c1-2-13(8-12(16)9-22-11-17-10-18-22)19-15-20-14-6-4-3-5-7-23(14)21-15/h8,10-11H,2-7,9H2,1H3/b12-8+,19-13?. The van der Waals surface area contributed by atoms with E-state index < -0.39 is 0 Å². The fraction of sp³-hybridized carbons (Fsp3) is 0.533. The van der Waals surface area contributed by atoms with Crippen LogP contribution in [0.2, 0.25) is 0 Å². The number of allylic oxidation sites excluding steroid dienone is 2. The van der Waals surface area contributed by atoms with Gasteiger partial charge in [0.2, 0.25) is 0 Å². The van der Waals surface area contributed by atoms with Crippen molar-refractivity contribution in [1.82, 2.24) is 29.5 Å². The molecule has 2 aromatic rings. The molecule has 1 aliphatic rings. The Labute approximate surface area is 134 Å². The number of halogens is 1. The Balaban J connectivity index is 1.76. The second kappa shape index (κ2) is 7.26. The first-order valence-electron chi connectivity index (χ1n) is 7.94. The highest BCUT2D eigenvalue weighted by molar-refractivity contribution is 5.96. The third kappa shape index (κ3) is 4.08. The largest absolute Gasteiger partial charge is 0.268 e. The zero-order valence-electron chi connectivity index (χ0n) is 13.2. The van der Waals surface area contributed by atoms with Crippen LogP contribution < -0.4 is 0 Å². The topological polar surface area (TPSA) is 73.8 Å². The van der Waals surface area contributed by atoms with Gasteiger partial charge in [0.25, 0.3) is 5.95 Å². The van der Waals surface area contributed by atoms with Crippen LogP contribution in [0.1, 0.15) is 38.4 Å². The van der Waals surface area contributed by atoms with Gasteiger partial charge in [0, 0.05) is 18.7 Å². The number of aromatic nitrogens is 6. The fourth-order valence-electron chi connectivity index (χ4n) is 2.53. The van der Waals surface area contributed by atoms with Crippen molar-refractivity contribution >= 4 is 11.7 Å². The summed E-state index contributed by atoms with van der Waals surface area (Å²) in [5, 5.41) is 8.30. The van der Waals surface area contributed by atoms with Gasteiger partial charge in [0.15, 0.2) is 0 Å². The van der Waals surface area contributed by atoms with E-state index in [2.05, 4.69) is 25.2 Å². The van der Waals surface area contributed by atoms with Gasteiger partial charge in [-0.1, -0.05) is 13.3 Å². The van der Waals surface area contributed by atoms with Gasteiger partial charge in [0.05, 0.1) is 6.54 Å². The van der Waals surface area contributed by atoms with Crippen molar-refractivity contribution in [2.24, 2.45) is 4.99 Å². The van der Waals surface area contributed by atoms with E-state index in [9.17, 15) is 4.39 Å². The quantitative estimate of drug-likeness (QED) is 0.795. The monoisotopic (exact) mass is 317 g/mol. The number of aliphatic imine (C=N–C) groups is 1. The average molecular weight is 317 g/mol. The summed E-state index contributed by atoms with van der Waals surface area (Å²) in [5.74, 6) is 1.07. The zero-order chi connectivity index (χ0) is 16.1. The molecule has 3 rings (SSSR count). The number of nitrogens with zero attached hydrogens (tertiary/aromatic N) is 7. The molecular formula is C15H20FN7. The first-order chi connectivity index (χ1) is 11.2. The maximum Gasteiger partial charge on any atom is 0.268 e. The van der Waals surface area contributed by atoms with E-state index in [0.717, 1.165) is 31.6 Å². The minimum absolute atomic E-state index is 0.0478. The maximum absolute atomic E-state index is 14.0. The van der Waals surface area contributed by atoms with Gasteiger partial charge in [-0.05, 0) is 25.3 Å². The third-order valence-corrected chi connectivity index (χ3v) is 3.72. The Morgan fingerprint density at radius 2 is 2.30 bits per heavy atom. The Morgan fingerprint density at radius 1 is 1.39 bits per heavy atom. The molecule has 23 heavy (non-hydrogen) atoms. The molecule has 0 saturated carbocycles. The molecule has 0 spiro atoms. The molecule has 0 unspecified atom stereocenters. The summed E-state index contributed by atoms with van der Waals surface area (Å²) in [6, 6.07) is 0. The van der Waals surface area contributed by atoms with Crippen molar-refractivity contribution in [3.05, 3.63) is 30.4 Å². The molecule has 0 aliphatic carbocycles. The molecule has 0 bridgehead atoms. The van der Waals surface area contributed by atoms with Crippen LogP contribution in [0.3, 0.4) is 0 Å². The Kier molecular flexibility index (Phi) is 4.89. The van der Waals surface area contributed by atoms with Crippen molar-refractivity contribution in [2.45, 2.75) is 52.1 Å². The van der Waals surface area contributed by atoms with Crippen LogP contribution in [0, 0.1) is 0 Å². The minimum atomic E-state index is -0.322. The lowest BCUT2D eigenvalue weighted by Crippen LogP contribution is -2.02. The number of hydrogen-bond donors (Lipinski definition) is 0. The number of rotatable bonds is 5. The summed E-state index contributed by atoms with van der Waals surface area (Å²) >= 11 is 0. The molecule has 0 saturated heterocycles. The second-order valence-corrected chi connectivity index (χ2v) is 5.50. The lowest BCUT2D eigenvalue weighted by molar-refractivity contribution is 0.528. The van der Waals surface area contributed by atoms with E-state index in [1.807, 2.05) is 11.6 Å². The van der Waals surface area contributed by atoms with Gasteiger partial charge in [-0.25, -0.2) is 23.7 Å². The second-order valence-electron chi connectivity index (χ2n) is 5.50. The molecule has 0 radical (unpaired) electrons. The molecule has 0 amide bonds. The maximum atomic E-state index is 14.0. The highest BCUT2D eigenvalue weighted by Gasteiger charge is 2.12. The van der Waals surface area contributed by atoms with Gasteiger partial charge in [-0.15, -0.1) is 5.10 Å². The van der Waals surface area contributed by atoms with Crippen LogP contribution in [0.4, 0.5) is 10.3 Å². The summed E-state index contributed by atoms with van der Waals surface area (Å²) in [5.41, 5.74) is 0.614. The molecule has 0 atom stereocenters. The smallest absolute Gasteiger partial charge is 0.248 e. The van der Waals surface area contributed by atoms with Crippen LogP contribution >= 0.6 is 0 Å². The van der Waals surface area contributed by atoms with Crippen LogP contribution in [-0.4, -0.2) is 35.2 Å². The summed E-state index contributed by atoms with van der Waals surface area (Å²) in [6.07, 6.45) is 9.28. The van der Waals surface area contributed by atoms with Crippen molar-refractivity contribution in [3.8, 4) is 0 Å². The highest BCUT2D eigenvalue weighted by atomic mass is 19.1. The van der Waals surface area contributed by atoms with Crippen molar-refractivity contribution in [2.75, 3.05) is 0 Å².